The third-order valence-corrected chi connectivity index (χ3v) is 3.35. The number of nitro groups is 1. The van der Waals surface area contributed by atoms with E-state index in [4.69, 9.17) is 4.74 Å². The quantitative estimate of drug-likeness (QED) is 0.530. The second-order valence-electron chi connectivity index (χ2n) is 4.87. The van der Waals surface area contributed by atoms with Gasteiger partial charge in [0.1, 0.15) is 0 Å². The summed E-state index contributed by atoms with van der Waals surface area (Å²) in [6, 6.07) is 8.50. The molecule has 0 saturated heterocycles. The highest BCUT2D eigenvalue weighted by Crippen LogP contribution is 2.36. The SMILES string of the molecule is COc1cc(C=Nc2ccc(C)c(C)c2)cc([N+](=O)[O-])c1O. The summed E-state index contributed by atoms with van der Waals surface area (Å²) in [7, 11) is 1.34. The molecule has 0 bridgehead atoms. The zero-order chi connectivity index (χ0) is 16.3. The Balaban J connectivity index is 2.40. The fraction of sp³-hybridized carbons (Fsp3) is 0.188. The maximum Gasteiger partial charge on any atom is 0.315 e. The van der Waals surface area contributed by atoms with Crippen LogP contribution in [0, 0.1) is 24.0 Å². The van der Waals surface area contributed by atoms with E-state index >= 15 is 0 Å². The highest BCUT2D eigenvalue weighted by molar-refractivity contribution is 5.85. The van der Waals surface area contributed by atoms with Crippen molar-refractivity contribution in [2.24, 2.45) is 4.99 Å². The Morgan fingerprint density at radius 3 is 2.55 bits per heavy atom. The number of nitrogens with zero attached hydrogens (tertiary/aromatic N) is 2. The van der Waals surface area contributed by atoms with Crippen molar-refractivity contribution in [1.29, 1.82) is 0 Å². The molecule has 0 spiro atoms. The van der Waals surface area contributed by atoms with Gasteiger partial charge >= 0.3 is 5.69 Å². The Morgan fingerprint density at radius 1 is 1.23 bits per heavy atom. The smallest absolute Gasteiger partial charge is 0.315 e. The number of rotatable bonds is 4. The summed E-state index contributed by atoms with van der Waals surface area (Å²) in [5.74, 6) is -0.452. The first kappa shape index (κ1) is 15.5. The molecular weight excluding hydrogens is 284 g/mol. The van der Waals surface area contributed by atoms with Crippen LogP contribution in [0.15, 0.2) is 35.3 Å². The van der Waals surface area contributed by atoms with E-state index in [1.807, 2.05) is 32.0 Å². The van der Waals surface area contributed by atoms with Gasteiger partial charge in [-0.05, 0) is 43.2 Å². The highest BCUT2D eigenvalue weighted by Gasteiger charge is 2.19. The van der Waals surface area contributed by atoms with Crippen LogP contribution in [0.25, 0.3) is 0 Å². The number of nitro benzene ring substituents is 1. The first-order valence-corrected chi connectivity index (χ1v) is 6.59. The molecule has 0 saturated carbocycles. The van der Waals surface area contributed by atoms with Crippen LogP contribution in [0.5, 0.6) is 11.5 Å². The van der Waals surface area contributed by atoms with Gasteiger partial charge in [-0.2, -0.15) is 0 Å². The van der Waals surface area contributed by atoms with Gasteiger partial charge in [0.25, 0.3) is 0 Å². The number of ether oxygens (including phenoxy) is 1. The maximum absolute atomic E-state index is 10.9. The summed E-state index contributed by atoms with van der Waals surface area (Å²) in [4.78, 5) is 14.6. The molecule has 1 N–H and O–H groups in total. The van der Waals surface area contributed by atoms with Gasteiger partial charge < -0.3 is 9.84 Å². The van der Waals surface area contributed by atoms with Crippen molar-refractivity contribution in [3.63, 3.8) is 0 Å². The van der Waals surface area contributed by atoms with E-state index in [0.717, 1.165) is 11.3 Å². The van der Waals surface area contributed by atoms with Crippen LogP contribution in [0.1, 0.15) is 16.7 Å². The third-order valence-electron chi connectivity index (χ3n) is 3.35. The number of hydrogen-bond acceptors (Lipinski definition) is 5. The van der Waals surface area contributed by atoms with Crippen LogP contribution in [-0.2, 0) is 0 Å². The molecule has 0 atom stereocenters. The van der Waals surface area contributed by atoms with Crippen molar-refractivity contribution in [3.8, 4) is 11.5 Å². The van der Waals surface area contributed by atoms with E-state index in [-0.39, 0.29) is 5.75 Å². The number of aryl methyl sites for hydroxylation is 2. The lowest BCUT2D eigenvalue weighted by atomic mass is 10.1. The summed E-state index contributed by atoms with van der Waals surface area (Å²) < 4.78 is 4.95. The van der Waals surface area contributed by atoms with Crippen molar-refractivity contribution in [3.05, 3.63) is 57.1 Å². The molecule has 2 aromatic carbocycles. The van der Waals surface area contributed by atoms with E-state index in [2.05, 4.69) is 4.99 Å². The fourth-order valence-electron chi connectivity index (χ4n) is 1.94. The van der Waals surface area contributed by atoms with Gasteiger partial charge in [0.15, 0.2) is 5.75 Å². The van der Waals surface area contributed by atoms with Crippen molar-refractivity contribution < 1.29 is 14.8 Å². The number of phenolic OH excluding ortho intramolecular Hbond substituents is 1. The third kappa shape index (κ3) is 3.22. The molecule has 0 aliphatic carbocycles. The monoisotopic (exact) mass is 300 g/mol. The number of methoxy groups -OCH3 is 1. The lowest BCUT2D eigenvalue weighted by Gasteiger charge is -2.05. The Bertz CT molecular complexity index is 754. The Labute approximate surface area is 127 Å². The lowest BCUT2D eigenvalue weighted by Crippen LogP contribution is -1.94. The molecule has 0 fully saturated rings. The number of aromatic hydroxyl groups is 1. The molecule has 22 heavy (non-hydrogen) atoms. The molecule has 2 aromatic rings. The van der Waals surface area contributed by atoms with E-state index < -0.39 is 16.4 Å². The number of hydrogen-bond donors (Lipinski definition) is 1. The van der Waals surface area contributed by atoms with E-state index in [0.29, 0.717) is 5.56 Å². The highest BCUT2D eigenvalue weighted by atomic mass is 16.6. The van der Waals surface area contributed by atoms with E-state index in [9.17, 15) is 15.2 Å². The minimum atomic E-state index is -0.661. The van der Waals surface area contributed by atoms with Gasteiger partial charge in [-0.1, -0.05) is 6.07 Å². The second-order valence-corrected chi connectivity index (χ2v) is 4.87. The van der Waals surface area contributed by atoms with Crippen LogP contribution >= 0.6 is 0 Å². The predicted molar refractivity (Wildman–Crippen MR) is 84.5 cm³/mol. The second kappa shape index (κ2) is 6.26. The average molecular weight is 300 g/mol. The topological polar surface area (TPSA) is 85.0 Å². The minimum Gasteiger partial charge on any atom is -0.500 e. The largest absolute Gasteiger partial charge is 0.500 e. The Hall–Kier alpha value is -2.89. The molecule has 0 aromatic heterocycles. The van der Waals surface area contributed by atoms with Crippen molar-refractivity contribution in [1.82, 2.24) is 0 Å². The molecule has 0 heterocycles. The van der Waals surface area contributed by atoms with Gasteiger partial charge in [-0.15, -0.1) is 0 Å². The molecule has 0 aliphatic rings. The summed E-state index contributed by atoms with van der Waals surface area (Å²) in [6.45, 7) is 4.00. The maximum atomic E-state index is 10.9. The fourth-order valence-corrected chi connectivity index (χ4v) is 1.94. The Morgan fingerprint density at radius 2 is 1.95 bits per heavy atom. The standard InChI is InChI=1S/C16H16N2O4/c1-10-4-5-13(6-11(10)2)17-9-12-7-14(18(20)21)16(19)15(8-12)22-3/h4-9,19H,1-3H3. The zero-order valence-corrected chi connectivity index (χ0v) is 12.5. The van der Waals surface area contributed by atoms with Gasteiger partial charge in [0, 0.05) is 17.8 Å². The molecule has 2 rings (SSSR count). The first-order chi connectivity index (χ1) is 10.4. The van der Waals surface area contributed by atoms with Crippen LogP contribution in [0.2, 0.25) is 0 Å². The van der Waals surface area contributed by atoms with Gasteiger partial charge in [-0.25, -0.2) is 0 Å². The van der Waals surface area contributed by atoms with Crippen LogP contribution < -0.4 is 4.74 Å². The summed E-state index contributed by atoms with van der Waals surface area (Å²) >= 11 is 0. The summed E-state index contributed by atoms with van der Waals surface area (Å²) in [5.41, 5.74) is 3.09. The van der Waals surface area contributed by atoms with Crippen molar-refractivity contribution >= 4 is 17.6 Å². The molecule has 0 unspecified atom stereocenters. The molecule has 6 nitrogen and oxygen atoms in total. The molecule has 6 heteroatoms. The molecule has 0 radical (unpaired) electrons. The number of phenols is 1. The molecule has 114 valence electrons. The van der Waals surface area contributed by atoms with Crippen LogP contribution in [0.4, 0.5) is 11.4 Å². The number of aliphatic imine (C=N–C) groups is 1. The molecule has 0 aliphatic heterocycles. The zero-order valence-electron chi connectivity index (χ0n) is 12.5. The Kier molecular flexibility index (Phi) is 4.41. The van der Waals surface area contributed by atoms with Crippen LogP contribution in [-0.4, -0.2) is 23.4 Å². The normalized spacial score (nSPS) is 10.9. The van der Waals surface area contributed by atoms with E-state index in [1.54, 1.807) is 0 Å². The lowest BCUT2D eigenvalue weighted by molar-refractivity contribution is -0.386. The average Bonchev–Trinajstić information content (AvgIpc) is 2.49. The van der Waals surface area contributed by atoms with Gasteiger partial charge in [0.05, 0.1) is 17.7 Å². The summed E-state index contributed by atoms with van der Waals surface area (Å²) in [5, 5.41) is 20.7. The molecule has 0 amide bonds. The number of benzene rings is 2. The van der Waals surface area contributed by atoms with Crippen molar-refractivity contribution in [2.75, 3.05) is 7.11 Å². The summed E-state index contributed by atoms with van der Waals surface area (Å²) in [6.07, 6.45) is 1.50. The van der Waals surface area contributed by atoms with E-state index in [1.165, 1.54) is 31.0 Å². The van der Waals surface area contributed by atoms with Gasteiger partial charge in [-0.3, -0.25) is 15.1 Å². The first-order valence-electron chi connectivity index (χ1n) is 6.59. The predicted octanol–water partition coefficient (Wildman–Crippen LogP) is 3.68. The van der Waals surface area contributed by atoms with Crippen LogP contribution in [0.3, 0.4) is 0 Å². The minimum absolute atomic E-state index is 0.0377. The molecular formula is C16H16N2O4. The van der Waals surface area contributed by atoms with Crippen molar-refractivity contribution in [2.45, 2.75) is 13.8 Å². The van der Waals surface area contributed by atoms with Gasteiger partial charge in [0.2, 0.25) is 5.75 Å².